The predicted molar refractivity (Wildman–Crippen MR) is 66.1 cm³/mol. The van der Waals surface area contributed by atoms with Gasteiger partial charge in [0.05, 0.1) is 6.10 Å². The Morgan fingerprint density at radius 1 is 1.44 bits per heavy atom. The van der Waals surface area contributed by atoms with Crippen LogP contribution in [0.2, 0.25) is 0 Å². The largest absolute Gasteiger partial charge is 0.372 e. The summed E-state index contributed by atoms with van der Waals surface area (Å²) in [5, 5.41) is 0. The fourth-order valence-electron chi connectivity index (χ4n) is 1.66. The Kier molecular flexibility index (Phi) is 6.04. The van der Waals surface area contributed by atoms with Gasteiger partial charge < -0.3 is 10.5 Å². The third-order valence-corrected chi connectivity index (χ3v) is 2.54. The van der Waals surface area contributed by atoms with Crippen molar-refractivity contribution in [2.24, 2.45) is 5.73 Å². The van der Waals surface area contributed by atoms with E-state index in [1.807, 2.05) is 25.3 Å². The molecule has 0 bridgehead atoms. The first kappa shape index (κ1) is 13.1. The third-order valence-electron chi connectivity index (χ3n) is 2.54. The fourth-order valence-corrected chi connectivity index (χ4v) is 1.66. The Bertz CT molecular complexity index is 275. The molecule has 0 fully saturated rings. The van der Waals surface area contributed by atoms with E-state index in [-0.39, 0.29) is 12.1 Å². The number of hydrogen-bond acceptors (Lipinski definition) is 3. The molecule has 16 heavy (non-hydrogen) atoms. The number of unbranched alkanes of at least 4 members (excludes halogenated alkanes) is 2. The van der Waals surface area contributed by atoms with Crippen LogP contribution in [0.5, 0.6) is 0 Å². The molecule has 0 amide bonds. The Morgan fingerprint density at radius 2 is 2.25 bits per heavy atom. The Hall–Kier alpha value is -0.930. The highest BCUT2D eigenvalue weighted by molar-refractivity contribution is 5.13. The van der Waals surface area contributed by atoms with Gasteiger partial charge in [0.15, 0.2) is 0 Å². The highest BCUT2D eigenvalue weighted by atomic mass is 16.5. The van der Waals surface area contributed by atoms with E-state index in [9.17, 15) is 0 Å². The van der Waals surface area contributed by atoms with Crippen LogP contribution >= 0.6 is 0 Å². The summed E-state index contributed by atoms with van der Waals surface area (Å²) in [5.41, 5.74) is 6.99. The van der Waals surface area contributed by atoms with Crippen LogP contribution in [0.3, 0.4) is 0 Å². The summed E-state index contributed by atoms with van der Waals surface area (Å²) in [6, 6.07) is 3.92. The van der Waals surface area contributed by atoms with Crippen molar-refractivity contribution in [3.63, 3.8) is 0 Å². The van der Waals surface area contributed by atoms with Crippen molar-refractivity contribution in [1.29, 1.82) is 0 Å². The molecule has 0 aliphatic rings. The maximum Gasteiger partial charge on any atom is 0.0987 e. The molecule has 3 heteroatoms. The number of hydrogen-bond donors (Lipinski definition) is 1. The molecule has 2 atom stereocenters. The molecule has 1 aromatic heterocycles. The summed E-state index contributed by atoms with van der Waals surface area (Å²) in [7, 11) is 0. The van der Waals surface area contributed by atoms with Gasteiger partial charge >= 0.3 is 0 Å². The Morgan fingerprint density at radius 3 is 2.81 bits per heavy atom. The molecule has 0 radical (unpaired) electrons. The summed E-state index contributed by atoms with van der Waals surface area (Å²) >= 11 is 0. The molecule has 0 spiro atoms. The molecule has 3 nitrogen and oxygen atoms in total. The van der Waals surface area contributed by atoms with Crippen LogP contribution in [-0.2, 0) is 4.74 Å². The number of rotatable bonds is 7. The van der Waals surface area contributed by atoms with E-state index in [1.54, 1.807) is 6.20 Å². The van der Waals surface area contributed by atoms with Gasteiger partial charge in [0.2, 0.25) is 0 Å². The zero-order chi connectivity index (χ0) is 11.8. The van der Waals surface area contributed by atoms with Crippen molar-refractivity contribution in [2.75, 3.05) is 6.61 Å². The molecule has 0 aliphatic carbocycles. The smallest absolute Gasteiger partial charge is 0.0987 e. The molecule has 90 valence electrons. The first-order valence-electron chi connectivity index (χ1n) is 6.02. The maximum atomic E-state index is 5.93. The topological polar surface area (TPSA) is 48.1 Å². The van der Waals surface area contributed by atoms with Gasteiger partial charge in [-0.3, -0.25) is 4.98 Å². The highest BCUT2D eigenvalue weighted by Crippen LogP contribution is 2.19. The van der Waals surface area contributed by atoms with E-state index in [4.69, 9.17) is 10.5 Å². The summed E-state index contributed by atoms with van der Waals surface area (Å²) in [4.78, 5) is 4.10. The predicted octanol–water partition coefficient (Wildman–Crippen LogP) is 2.68. The van der Waals surface area contributed by atoms with Gasteiger partial charge in [0, 0.05) is 30.6 Å². The standard InChI is InChI=1S/C13H22N2O/c1-3-4-5-9-16-13(11(2)14)12-7-6-8-15-10-12/h6-8,10-11,13H,3-5,9,14H2,1-2H3. The van der Waals surface area contributed by atoms with Gasteiger partial charge in [-0.05, 0) is 19.4 Å². The SMILES string of the molecule is CCCCCOC(c1cccnc1)C(C)N. The monoisotopic (exact) mass is 222 g/mol. The minimum Gasteiger partial charge on any atom is -0.372 e. The minimum atomic E-state index is -0.0365. The molecule has 1 rings (SSSR count). The summed E-state index contributed by atoms with van der Waals surface area (Å²) in [6.45, 7) is 4.93. The number of nitrogens with two attached hydrogens (primary N) is 1. The molecule has 0 aliphatic heterocycles. The van der Waals surface area contributed by atoms with Gasteiger partial charge in [0.1, 0.15) is 0 Å². The lowest BCUT2D eigenvalue weighted by Crippen LogP contribution is -2.27. The van der Waals surface area contributed by atoms with Crippen LogP contribution < -0.4 is 5.73 Å². The quantitative estimate of drug-likeness (QED) is 0.721. The molecule has 0 saturated carbocycles. The lowest BCUT2D eigenvalue weighted by molar-refractivity contribution is 0.0358. The van der Waals surface area contributed by atoms with E-state index in [2.05, 4.69) is 11.9 Å². The summed E-state index contributed by atoms with van der Waals surface area (Å²) < 4.78 is 5.83. The fraction of sp³-hybridized carbons (Fsp3) is 0.615. The van der Waals surface area contributed by atoms with Crippen molar-refractivity contribution in [3.8, 4) is 0 Å². The average molecular weight is 222 g/mol. The second kappa shape index (κ2) is 7.36. The molecule has 1 aromatic rings. The second-order valence-corrected chi connectivity index (χ2v) is 4.14. The van der Waals surface area contributed by atoms with Crippen LogP contribution in [-0.4, -0.2) is 17.6 Å². The van der Waals surface area contributed by atoms with Crippen LogP contribution in [0.1, 0.15) is 44.8 Å². The average Bonchev–Trinajstić information content (AvgIpc) is 2.30. The second-order valence-electron chi connectivity index (χ2n) is 4.14. The molecular formula is C13H22N2O. The molecular weight excluding hydrogens is 200 g/mol. The van der Waals surface area contributed by atoms with Gasteiger partial charge in [0.25, 0.3) is 0 Å². The van der Waals surface area contributed by atoms with Crippen LogP contribution in [0.4, 0.5) is 0 Å². The lowest BCUT2D eigenvalue weighted by Gasteiger charge is -2.21. The normalized spacial score (nSPS) is 14.7. The van der Waals surface area contributed by atoms with E-state index in [0.29, 0.717) is 0 Å². The van der Waals surface area contributed by atoms with Crippen LogP contribution in [0.25, 0.3) is 0 Å². The Labute approximate surface area is 98.0 Å². The van der Waals surface area contributed by atoms with Crippen LogP contribution in [0, 0.1) is 0 Å². The summed E-state index contributed by atoms with van der Waals surface area (Å²) in [6.07, 6.45) is 7.07. The van der Waals surface area contributed by atoms with Crippen molar-refractivity contribution in [3.05, 3.63) is 30.1 Å². The first-order valence-corrected chi connectivity index (χ1v) is 6.02. The molecule has 1 heterocycles. The van der Waals surface area contributed by atoms with Crippen molar-refractivity contribution < 1.29 is 4.74 Å². The highest BCUT2D eigenvalue weighted by Gasteiger charge is 2.16. The van der Waals surface area contributed by atoms with Gasteiger partial charge in [-0.15, -0.1) is 0 Å². The van der Waals surface area contributed by atoms with Crippen LogP contribution in [0.15, 0.2) is 24.5 Å². The van der Waals surface area contributed by atoms with E-state index in [1.165, 1.54) is 12.8 Å². The Balaban J connectivity index is 2.49. The number of ether oxygens (including phenoxy) is 1. The first-order chi connectivity index (χ1) is 7.75. The van der Waals surface area contributed by atoms with Crippen molar-refractivity contribution in [1.82, 2.24) is 4.98 Å². The molecule has 2 unspecified atom stereocenters. The number of nitrogens with zero attached hydrogens (tertiary/aromatic N) is 1. The lowest BCUT2D eigenvalue weighted by atomic mass is 10.1. The number of aromatic nitrogens is 1. The molecule has 0 saturated heterocycles. The molecule has 0 aromatic carbocycles. The third kappa shape index (κ3) is 4.29. The summed E-state index contributed by atoms with van der Waals surface area (Å²) in [5.74, 6) is 0. The van der Waals surface area contributed by atoms with E-state index >= 15 is 0 Å². The van der Waals surface area contributed by atoms with E-state index in [0.717, 1.165) is 18.6 Å². The van der Waals surface area contributed by atoms with Gasteiger partial charge in [-0.1, -0.05) is 25.8 Å². The van der Waals surface area contributed by atoms with E-state index < -0.39 is 0 Å². The van der Waals surface area contributed by atoms with Crippen molar-refractivity contribution >= 4 is 0 Å². The van der Waals surface area contributed by atoms with Gasteiger partial charge in [-0.2, -0.15) is 0 Å². The molecule has 2 N–H and O–H groups in total. The zero-order valence-electron chi connectivity index (χ0n) is 10.2. The minimum absolute atomic E-state index is 0.00849. The van der Waals surface area contributed by atoms with Crippen molar-refractivity contribution in [2.45, 2.75) is 45.3 Å². The number of pyridine rings is 1. The zero-order valence-corrected chi connectivity index (χ0v) is 10.2. The maximum absolute atomic E-state index is 5.93. The van der Waals surface area contributed by atoms with Gasteiger partial charge in [-0.25, -0.2) is 0 Å².